The highest BCUT2D eigenvalue weighted by molar-refractivity contribution is 7.89. The normalized spacial score (nSPS) is 15.8. The van der Waals surface area contributed by atoms with Crippen molar-refractivity contribution in [1.29, 1.82) is 0 Å². The Hall–Kier alpha value is -1.15. The van der Waals surface area contributed by atoms with Gasteiger partial charge >= 0.3 is 0 Å². The van der Waals surface area contributed by atoms with E-state index in [0.29, 0.717) is 25.6 Å². The lowest BCUT2D eigenvalue weighted by molar-refractivity contribution is 0.0789. The van der Waals surface area contributed by atoms with Crippen LogP contribution in [0.4, 0.5) is 0 Å². The van der Waals surface area contributed by atoms with Crippen molar-refractivity contribution in [2.45, 2.75) is 44.4 Å². The molecule has 0 radical (unpaired) electrons. The van der Waals surface area contributed by atoms with Gasteiger partial charge in [-0.3, -0.25) is 4.79 Å². The fourth-order valence-electron chi connectivity index (χ4n) is 3.41. The van der Waals surface area contributed by atoms with Gasteiger partial charge in [0.05, 0.1) is 10.5 Å². The average molecular weight is 432 g/mol. The number of carbonyl (C=O) groups excluding carboxylic acids is 1. The number of nitrogens with one attached hydrogen (secondary N) is 1. The molecule has 1 N–H and O–H groups in total. The zero-order valence-corrected chi connectivity index (χ0v) is 18.8. The van der Waals surface area contributed by atoms with Gasteiger partial charge in [-0.15, -0.1) is 12.4 Å². The zero-order valence-electron chi connectivity index (χ0n) is 17.2. The van der Waals surface area contributed by atoms with Crippen molar-refractivity contribution in [2.24, 2.45) is 5.92 Å². The molecule has 160 valence electrons. The maximum absolute atomic E-state index is 13.2. The van der Waals surface area contributed by atoms with Crippen LogP contribution in [0, 0.1) is 5.92 Å². The van der Waals surface area contributed by atoms with E-state index in [1.54, 1.807) is 36.2 Å². The van der Waals surface area contributed by atoms with Crippen LogP contribution in [-0.4, -0.2) is 63.3 Å². The lowest BCUT2D eigenvalue weighted by Gasteiger charge is -2.32. The van der Waals surface area contributed by atoms with Gasteiger partial charge in [0.1, 0.15) is 0 Å². The minimum absolute atomic E-state index is 0. The molecule has 1 aliphatic rings. The number of hydrogen-bond donors (Lipinski definition) is 1. The average Bonchev–Trinajstić information content (AvgIpc) is 2.70. The number of sulfonamides is 1. The van der Waals surface area contributed by atoms with Crippen molar-refractivity contribution in [3.8, 4) is 0 Å². The minimum atomic E-state index is -3.67. The summed E-state index contributed by atoms with van der Waals surface area (Å²) < 4.78 is 28.0. The quantitative estimate of drug-likeness (QED) is 0.652. The number of unbranched alkanes of at least 4 members (excludes halogenated alkanes) is 1. The first-order chi connectivity index (χ1) is 12.9. The van der Waals surface area contributed by atoms with Gasteiger partial charge in [-0.1, -0.05) is 32.4 Å². The van der Waals surface area contributed by atoms with E-state index in [2.05, 4.69) is 19.2 Å². The molecule has 0 aromatic heterocycles. The van der Waals surface area contributed by atoms with Crippen LogP contribution >= 0.6 is 12.4 Å². The predicted octanol–water partition coefficient (Wildman–Crippen LogP) is 2.99. The Balaban J connectivity index is 0.00000392. The van der Waals surface area contributed by atoms with Crippen molar-refractivity contribution in [2.75, 3.05) is 39.8 Å². The molecule has 0 spiro atoms. The largest absolute Gasteiger partial charge is 0.342 e. The Morgan fingerprint density at radius 1 is 1.21 bits per heavy atom. The standard InChI is InChI=1S/C20H33N3O3S.ClH/c1-4-6-13-22(3)20(24)18-9-7-8-10-19(18)27(25,26)23-14-11-17(12-15-23)16-21-5-2;/h7-10,17,21H,4-6,11-16H2,1-3H3;1H. The van der Waals surface area contributed by atoms with E-state index in [-0.39, 0.29) is 28.8 Å². The van der Waals surface area contributed by atoms with Gasteiger partial charge < -0.3 is 10.2 Å². The van der Waals surface area contributed by atoms with Crippen molar-refractivity contribution in [1.82, 2.24) is 14.5 Å². The summed E-state index contributed by atoms with van der Waals surface area (Å²) in [5.74, 6) is 0.276. The SMILES string of the molecule is CCCCN(C)C(=O)c1ccccc1S(=O)(=O)N1CCC(CNCC)CC1.Cl. The highest BCUT2D eigenvalue weighted by Gasteiger charge is 2.32. The lowest BCUT2D eigenvalue weighted by atomic mass is 9.98. The number of carbonyl (C=O) groups is 1. The second-order valence-corrected chi connectivity index (χ2v) is 9.14. The lowest BCUT2D eigenvalue weighted by Crippen LogP contribution is -2.41. The van der Waals surface area contributed by atoms with Crippen LogP contribution in [0.2, 0.25) is 0 Å². The molecule has 8 heteroatoms. The molecule has 0 saturated carbocycles. The van der Waals surface area contributed by atoms with Gasteiger partial charge in [-0.25, -0.2) is 8.42 Å². The van der Waals surface area contributed by atoms with Crippen LogP contribution < -0.4 is 5.32 Å². The molecule has 6 nitrogen and oxygen atoms in total. The van der Waals surface area contributed by atoms with E-state index in [1.165, 1.54) is 4.31 Å². The smallest absolute Gasteiger partial charge is 0.254 e. The summed E-state index contributed by atoms with van der Waals surface area (Å²) in [5.41, 5.74) is 0.269. The van der Waals surface area contributed by atoms with Gasteiger partial charge in [0, 0.05) is 26.7 Å². The van der Waals surface area contributed by atoms with Crippen molar-refractivity contribution in [3.05, 3.63) is 29.8 Å². The third-order valence-corrected chi connectivity index (χ3v) is 7.14. The molecule has 1 aromatic rings. The molecule has 28 heavy (non-hydrogen) atoms. The first-order valence-corrected chi connectivity index (χ1v) is 11.4. The number of halogens is 1. The Kier molecular flexibility index (Phi) is 10.4. The van der Waals surface area contributed by atoms with Gasteiger partial charge in [0.2, 0.25) is 10.0 Å². The number of rotatable bonds is 9. The molecule has 1 heterocycles. The number of benzene rings is 1. The monoisotopic (exact) mass is 431 g/mol. The molecule has 1 saturated heterocycles. The topological polar surface area (TPSA) is 69.7 Å². The number of hydrogen-bond acceptors (Lipinski definition) is 4. The van der Waals surface area contributed by atoms with Gasteiger partial charge in [-0.05, 0) is 50.4 Å². The summed E-state index contributed by atoms with van der Waals surface area (Å²) in [5, 5.41) is 3.34. The van der Waals surface area contributed by atoms with Crippen LogP contribution in [0.15, 0.2) is 29.2 Å². The Labute approximate surface area is 176 Å². The minimum Gasteiger partial charge on any atom is -0.342 e. The van der Waals surface area contributed by atoms with E-state index >= 15 is 0 Å². The number of piperidine rings is 1. The van der Waals surface area contributed by atoms with Crippen molar-refractivity contribution in [3.63, 3.8) is 0 Å². The Morgan fingerprint density at radius 3 is 2.46 bits per heavy atom. The van der Waals surface area contributed by atoms with Crippen LogP contribution in [0.3, 0.4) is 0 Å². The first-order valence-electron chi connectivity index (χ1n) is 9.97. The summed E-state index contributed by atoms with van der Waals surface area (Å²) >= 11 is 0. The van der Waals surface area contributed by atoms with E-state index in [1.807, 2.05) is 0 Å². The highest BCUT2D eigenvalue weighted by atomic mass is 35.5. The summed E-state index contributed by atoms with van der Waals surface area (Å²) in [6.45, 7) is 7.64. The van der Waals surface area contributed by atoms with Gasteiger partial charge in [-0.2, -0.15) is 4.31 Å². The van der Waals surface area contributed by atoms with Crippen LogP contribution in [0.25, 0.3) is 0 Å². The van der Waals surface area contributed by atoms with E-state index in [0.717, 1.165) is 38.8 Å². The van der Waals surface area contributed by atoms with E-state index in [4.69, 9.17) is 0 Å². The number of nitrogens with zero attached hydrogens (tertiary/aromatic N) is 2. The van der Waals surface area contributed by atoms with Crippen molar-refractivity contribution < 1.29 is 13.2 Å². The molecule has 0 atom stereocenters. The summed E-state index contributed by atoms with van der Waals surface area (Å²) in [4.78, 5) is 14.5. The zero-order chi connectivity index (χ0) is 19.9. The van der Waals surface area contributed by atoms with Gasteiger partial charge in [0.25, 0.3) is 5.91 Å². The summed E-state index contributed by atoms with van der Waals surface area (Å²) in [6, 6.07) is 6.59. The molecule has 1 aromatic carbocycles. The van der Waals surface area contributed by atoms with Crippen LogP contribution in [0.1, 0.15) is 49.9 Å². The molecule has 2 rings (SSSR count). The molecule has 1 amide bonds. The molecule has 1 fully saturated rings. The third-order valence-electron chi connectivity index (χ3n) is 5.19. The van der Waals surface area contributed by atoms with Crippen molar-refractivity contribution >= 4 is 28.3 Å². The molecule has 1 aliphatic heterocycles. The van der Waals surface area contributed by atoms with E-state index < -0.39 is 10.0 Å². The second kappa shape index (κ2) is 11.8. The third kappa shape index (κ3) is 6.17. The summed E-state index contributed by atoms with van der Waals surface area (Å²) in [6.07, 6.45) is 3.58. The highest BCUT2D eigenvalue weighted by Crippen LogP contribution is 2.26. The predicted molar refractivity (Wildman–Crippen MR) is 116 cm³/mol. The number of amides is 1. The molecule has 0 unspecified atom stereocenters. The van der Waals surface area contributed by atoms with Gasteiger partial charge in [0.15, 0.2) is 0 Å². The maximum atomic E-state index is 13.2. The van der Waals surface area contributed by atoms with Crippen LogP contribution in [-0.2, 0) is 10.0 Å². The molecule has 0 bridgehead atoms. The van der Waals surface area contributed by atoms with Crippen LogP contribution in [0.5, 0.6) is 0 Å². The Morgan fingerprint density at radius 2 is 1.86 bits per heavy atom. The first kappa shape index (κ1) is 24.9. The summed E-state index contributed by atoms with van der Waals surface area (Å²) in [7, 11) is -1.94. The molecular weight excluding hydrogens is 398 g/mol. The second-order valence-electron chi connectivity index (χ2n) is 7.23. The maximum Gasteiger partial charge on any atom is 0.254 e. The fourth-order valence-corrected chi connectivity index (χ4v) is 5.07. The molecule has 0 aliphatic carbocycles. The van der Waals surface area contributed by atoms with E-state index in [9.17, 15) is 13.2 Å². The molecular formula is C20H34ClN3O3S. The fraction of sp³-hybridized carbons (Fsp3) is 0.650. The Bertz CT molecular complexity index is 719.